The molecule has 2 heterocycles. The zero-order chi connectivity index (χ0) is 28.8. The van der Waals surface area contributed by atoms with Crippen molar-refractivity contribution in [2.45, 2.75) is 71.8 Å². The Labute approximate surface area is 281 Å². The van der Waals surface area contributed by atoms with E-state index < -0.39 is 0 Å². The van der Waals surface area contributed by atoms with Gasteiger partial charge in [-0.05, 0) is 0 Å². The van der Waals surface area contributed by atoms with E-state index >= 15 is 0 Å². The van der Waals surface area contributed by atoms with Crippen LogP contribution in [0.25, 0.3) is 15.9 Å². The molecule has 1 aliphatic carbocycles. The Bertz CT molecular complexity index is 1490. The Morgan fingerprint density at radius 3 is 2.38 bits per heavy atom. The van der Waals surface area contributed by atoms with Crippen molar-refractivity contribution in [2.24, 2.45) is 0 Å². The van der Waals surface area contributed by atoms with E-state index in [1.54, 1.807) is 0 Å². The molecule has 3 aromatic rings. The summed E-state index contributed by atoms with van der Waals surface area (Å²) in [7, 11) is 3.99. The van der Waals surface area contributed by atoms with E-state index in [0.29, 0.717) is 0 Å². The fourth-order valence-electron chi connectivity index (χ4n) is 5.50. The molecule has 0 amide bonds. The van der Waals surface area contributed by atoms with Gasteiger partial charge in [0.05, 0.1) is 0 Å². The Morgan fingerprint density at radius 2 is 1.62 bits per heavy atom. The summed E-state index contributed by atoms with van der Waals surface area (Å²) < 4.78 is 7.88. The minimum Gasteiger partial charge on any atom is -1.00 e. The van der Waals surface area contributed by atoms with Crippen molar-refractivity contribution >= 4 is 61.2 Å². The number of fused-ring (bicyclic) bond motifs is 2. The molecule has 0 atom stereocenters. The van der Waals surface area contributed by atoms with Gasteiger partial charge in [-0.2, -0.15) is 0 Å². The van der Waals surface area contributed by atoms with E-state index in [2.05, 4.69) is 89.4 Å². The summed E-state index contributed by atoms with van der Waals surface area (Å²) >= 11 is 0.384. The maximum absolute atomic E-state index is 13.8. The molecule has 42 heavy (non-hydrogen) atoms. The molecule has 5 nitrogen and oxygen atoms in total. The topological polar surface area (TPSA) is 39.5 Å². The summed E-state index contributed by atoms with van der Waals surface area (Å²) in [5, 5.41) is 1.95. The van der Waals surface area contributed by atoms with Crippen molar-refractivity contribution in [1.29, 1.82) is 0 Å². The van der Waals surface area contributed by atoms with Gasteiger partial charge in [0.15, 0.2) is 0 Å². The van der Waals surface area contributed by atoms with Crippen LogP contribution in [-0.2, 0) is 11.3 Å². The average Bonchev–Trinajstić information content (AvgIpc) is 3.51. The normalized spacial score (nSPS) is 16.5. The average molecular weight is 809 g/mol. The first-order valence-electron chi connectivity index (χ1n) is 15.1. The van der Waals surface area contributed by atoms with Crippen LogP contribution in [0.5, 0.6) is 0 Å². The number of allylic oxidation sites excluding steroid dienone is 3. The molecule has 0 radical (unpaired) electrons. The largest absolute Gasteiger partial charge is 1.00 e. The first-order valence-corrected chi connectivity index (χ1v) is 18.6. The Morgan fingerprint density at radius 1 is 0.905 bits per heavy atom. The summed E-state index contributed by atoms with van der Waals surface area (Å²) in [5.74, 6) is 0.157. The first kappa shape index (κ1) is 33.2. The SMILES string of the molecule is CCCCCCN1/C(=C/C2=C(NN(C)C)C(=C/c3[se]c4ccccc4[n+]3CCCCCC)/C2=O)[Se]c2ccccc21.[I-]. The Kier molecular flexibility index (Phi) is 12.6. The van der Waals surface area contributed by atoms with E-state index in [-0.39, 0.29) is 59.2 Å². The van der Waals surface area contributed by atoms with Crippen LogP contribution in [0.15, 0.2) is 76.0 Å². The number of benzene rings is 2. The van der Waals surface area contributed by atoms with Gasteiger partial charge in [-0.1, -0.05) is 0 Å². The van der Waals surface area contributed by atoms with Gasteiger partial charge in [0, 0.05) is 0 Å². The predicted octanol–water partition coefficient (Wildman–Crippen LogP) is 2.33. The predicted molar refractivity (Wildman–Crippen MR) is 173 cm³/mol. The maximum atomic E-state index is 13.8. The minimum atomic E-state index is 0. The molecule has 0 unspecified atom stereocenters. The molecule has 1 aliphatic heterocycles. The number of anilines is 1. The van der Waals surface area contributed by atoms with Crippen molar-refractivity contribution in [1.82, 2.24) is 10.4 Å². The van der Waals surface area contributed by atoms with Crippen LogP contribution in [0.4, 0.5) is 5.69 Å². The summed E-state index contributed by atoms with van der Waals surface area (Å²) in [6, 6.07) is 17.5. The van der Waals surface area contributed by atoms with Crippen molar-refractivity contribution in [3.63, 3.8) is 0 Å². The fraction of sp³-hybridized carbons (Fsp3) is 0.412. The van der Waals surface area contributed by atoms with E-state index in [4.69, 9.17) is 0 Å². The molecule has 224 valence electrons. The molecule has 2 aromatic carbocycles. The molecule has 1 N–H and O–H groups in total. The zero-order valence-corrected chi connectivity index (χ0v) is 30.9. The second-order valence-corrected chi connectivity index (χ2v) is 15.5. The number of carbonyl (C=O) groups excluding carboxylic acids is 1. The third-order valence-corrected chi connectivity index (χ3v) is 12.3. The Balaban J connectivity index is 0.00000405. The number of nitrogens with zero attached hydrogens (tertiary/aromatic N) is 3. The number of hydrazine groups is 1. The van der Waals surface area contributed by atoms with Crippen LogP contribution in [0.2, 0.25) is 0 Å². The smallest absolute Gasteiger partial charge is 1.00 e. The van der Waals surface area contributed by atoms with Crippen molar-refractivity contribution in [3.8, 4) is 0 Å². The van der Waals surface area contributed by atoms with Crippen LogP contribution < -0.4 is 43.3 Å². The quantitative estimate of drug-likeness (QED) is 0.0679. The van der Waals surface area contributed by atoms with E-state index in [1.165, 1.54) is 80.5 Å². The van der Waals surface area contributed by atoms with Gasteiger partial charge in [0.2, 0.25) is 0 Å². The van der Waals surface area contributed by atoms with E-state index in [0.717, 1.165) is 29.9 Å². The monoisotopic (exact) mass is 810 g/mol. The molecule has 2 aliphatic rings. The second-order valence-electron chi connectivity index (χ2n) is 11.1. The maximum Gasteiger partial charge on any atom is -1.00 e. The van der Waals surface area contributed by atoms with Crippen molar-refractivity contribution in [3.05, 3.63) is 80.6 Å². The number of Topliss-reactive ketones (excluding diaryl/α,β-unsaturated/α-hetero) is 1. The third kappa shape index (κ3) is 7.51. The fourth-order valence-corrected chi connectivity index (χ4v) is 10.2. The van der Waals surface area contributed by atoms with Crippen LogP contribution >= 0.6 is 0 Å². The van der Waals surface area contributed by atoms with Crippen molar-refractivity contribution < 1.29 is 33.3 Å². The van der Waals surface area contributed by atoms with Gasteiger partial charge >= 0.3 is 259 Å². The number of nitrogens with one attached hydrogen (secondary N) is 1. The molecular formula is C34H43IN4OSe2. The summed E-state index contributed by atoms with van der Waals surface area (Å²) in [6.07, 6.45) is 14.2. The van der Waals surface area contributed by atoms with Gasteiger partial charge < -0.3 is 24.0 Å². The zero-order valence-electron chi connectivity index (χ0n) is 25.3. The van der Waals surface area contributed by atoms with Gasteiger partial charge in [-0.3, -0.25) is 0 Å². The summed E-state index contributed by atoms with van der Waals surface area (Å²) in [6.45, 7) is 6.54. The van der Waals surface area contributed by atoms with Crippen LogP contribution in [0.3, 0.4) is 0 Å². The minimum absolute atomic E-state index is 0. The third-order valence-electron chi connectivity index (χ3n) is 7.64. The standard InChI is InChI=1S/C34H42N4OSe2.HI/c1-5-7-9-15-21-37-27-17-11-13-19-29(27)40-31(37)23-25-33(35-36(3)4)26(34(25)39)24-32-38(22-16-10-8-6-2)28-18-12-14-20-30(28)41-32;/h11-14,17-20,23-24H,5-10,15-16,21-22H2,1-4H3;1H. The molecule has 0 spiro atoms. The second kappa shape index (κ2) is 15.9. The number of unbranched alkanes of at least 4 members (excludes halogenated alkanes) is 6. The van der Waals surface area contributed by atoms with Crippen LogP contribution in [0.1, 0.15) is 69.8 Å². The number of hydrogen-bond donors (Lipinski definition) is 1. The van der Waals surface area contributed by atoms with E-state index in [9.17, 15) is 4.79 Å². The Hall–Kier alpha value is -1.67. The van der Waals surface area contributed by atoms with Crippen LogP contribution in [-0.4, -0.2) is 60.9 Å². The number of ketones is 1. The number of carbonyl (C=O) groups is 1. The molecule has 0 saturated heterocycles. The summed E-state index contributed by atoms with van der Waals surface area (Å²) in [5.41, 5.74) is 8.71. The van der Waals surface area contributed by atoms with Gasteiger partial charge in [-0.15, -0.1) is 0 Å². The number of para-hydroxylation sites is 2. The molecular weight excluding hydrogens is 765 g/mol. The van der Waals surface area contributed by atoms with Gasteiger partial charge in [0.25, 0.3) is 0 Å². The van der Waals surface area contributed by atoms with Crippen molar-refractivity contribution in [2.75, 3.05) is 25.5 Å². The number of rotatable bonds is 14. The molecule has 0 bridgehead atoms. The molecule has 1 aromatic heterocycles. The summed E-state index contributed by atoms with van der Waals surface area (Å²) in [4.78, 5) is 16.3. The molecule has 0 saturated carbocycles. The van der Waals surface area contributed by atoms with Crippen LogP contribution in [0, 0.1) is 0 Å². The first-order chi connectivity index (χ1) is 20.0. The number of halogens is 1. The van der Waals surface area contributed by atoms with Gasteiger partial charge in [-0.25, -0.2) is 0 Å². The molecule has 0 fully saturated rings. The van der Waals surface area contributed by atoms with E-state index in [1.807, 2.05) is 19.1 Å². The van der Waals surface area contributed by atoms with Gasteiger partial charge in [0.1, 0.15) is 0 Å². The number of aromatic nitrogens is 1. The molecule has 5 rings (SSSR count). The molecule has 8 heteroatoms. The number of hydrogen-bond acceptors (Lipinski definition) is 4. The number of aryl methyl sites for hydroxylation is 1.